The minimum atomic E-state index is -1.31. The molecule has 4 nitrogen and oxygen atoms in total. The Morgan fingerprint density at radius 3 is 1.75 bits per heavy atom. The van der Waals surface area contributed by atoms with Crippen LogP contribution in [0.5, 0.6) is 0 Å². The molecule has 0 saturated heterocycles. The van der Waals surface area contributed by atoms with Gasteiger partial charge in [-0.1, -0.05) is 19.8 Å². The number of hydrogen-bond donors (Lipinski definition) is 4. The zero-order valence-corrected chi connectivity index (χ0v) is 11.2. The van der Waals surface area contributed by atoms with Gasteiger partial charge in [0.25, 0.3) is 0 Å². The molecule has 0 radical (unpaired) electrons. The highest BCUT2D eigenvalue weighted by atomic mass is 16.3. The van der Waals surface area contributed by atoms with Gasteiger partial charge >= 0.3 is 0 Å². The van der Waals surface area contributed by atoms with E-state index >= 15 is 0 Å². The lowest BCUT2D eigenvalue weighted by atomic mass is 9.71. The average molecular weight is 232 g/mol. The van der Waals surface area contributed by atoms with Crippen LogP contribution in [0.4, 0.5) is 0 Å². The summed E-state index contributed by atoms with van der Waals surface area (Å²) < 4.78 is 0. The Bertz CT molecular complexity index is 214. The van der Waals surface area contributed by atoms with Crippen molar-refractivity contribution in [3.05, 3.63) is 0 Å². The van der Waals surface area contributed by atoms with E-state index in [9.17, 15) is 10.2 Å². The van der Waals surface area contributed by atoms with Gasteiger partial charge in [-0.15, -0.1) is 0 Å². The van der Waals surface area contributed by atoms with Crippen molar-refractivity contribution < 1.29 is 10.2 Å². The summed E-state index contributed by atoms with van der Waals surface area (Å²) in [4.78, 5) is 0. The first kappa shape index (κ1) is 15.8. The van der Waals surface area contributed by atoms with E-state index in [0.717, 1.165) is 12.8 Å². The van der Waals surface area contributed by atoms with Gasteiger partial charge in [-0.25, -0.2) is 0 Å². The summed E-state index contributed by atoms with van der Waals surface area (Å²) in [5.74, 6) is -0.347. The third kappa shape index (κ3) is 3.70. The maximum Gasteiger partial charge on any atom is 0.0983 e. The molecule has 0 saturated carbocycles. The first-order chi connectivity index (χ1) is 6.94. The van der Waals surface area contributed by atoms with Gasteiger partial charge in [0, 0.05) is 5.92 Å². The lowest BCUT2D eigenvalue weighted by molar-refractivity contribution is -0.0979. The van der Waals surface area contributed by atoms with E-state index in [1.54, 1.807) is 27.7 Å². The standard InChI is InChI=1S/C12H28N2O2/c1-6-7-8-9(10(2,3)15)12(13,14)11(4,5)16/h9,15-16H,6-8,13-14H2,1-5H3. The van der Waals surface area contributed by atoms with Gasteiger partial charge < -0.3 is 21.7 Å². The number of hydrogen-bond acceptors (Lipinski definition) is 4. The summed E-state index contributed by atoms with van der Waals surface area (Å²) in [6.45, 7) is 8.61. The molecule has 1 atom stereocenters. The highest BCUT2D eigenvalue weighted by molar-refractivity contribution is 5.03. The fourth-order valence-corrected chi connectivity index (χ4v) is 2.01. The molecule has 0 amide bonds. The third-order valence-electron chi connectivity index (χ3n) is 3.34. The van der Waals surface area contributed by atoms with Gasteiger partial charge in [-0.3, -0.25) is 0 Å². The van der Waals surface area contributed by atoms with E-state index in [1.165, 1.54) is 0 Å². The van der Waals surface area contributed by atoms with Gasteiger partial charge in [0.05, 0.1) is 16.9 Å². The summed E-state index contributed by atoms with van der Waals surface area (Å²) in [7, 11) is 0. The smallest absolute Gasteiger partial charge is 0.0983 e. The normalized spacial score (nSPS) is 16.3. The largest absolute Gasteiger partial charge is 0.390 e. The summed E-state index contributed by atoms with van der Waals surface area (Å²) in [6.07, 6.45) is 2.65. The van der Waals surface area contributed by atoms with Gasteiger partial charge in [-0.2, -0.15) is 0 Å². The van der Waals surface area contributed by atoms with E-state index < -0.39 is 16.9 Å². The van der Waals surface area contributed by atoms with Crippen molar-refractivity contribution in [3.8, 4) is 0 Å². The van der Waals surface area contributed by atoms with Crippen LogP contribution in [0.15, 0.2) is 0 Å². The maximum atomic E-state index is 10.1. The molecule has 0 heterocycles. The van der Waals surface area contributed by atoms with Crippen LogP contribution < -0.4 is 11.5 Å². The van der Waals surface area contributed by atoms with E-state index in [4.69, 9.17) is 11.5 Å². The van der Waals surface area contributed by atoms with Crippen molar-refractivity contribution in [2.24, 2.45) is 17.4 Å². The second-order valence-electron chi connectivity index (χ2n) is 5.84. The van der Waals surface area contributed by atoms with Crippen LogP contribution in [-0.2, 0) is 0 Å². The second kappa shape index (κ2) is 5.00. The monoisotopic (exact) mass is 232 g/mol. The summed E-state index contributed by atoms with van der Waals surface area (Å²) in [5, 5.41) is 20.1. The molecule has 4 heteroatoms. The molecular formula is C12H28N2O2. The van der Waals surface area contributed by atoms with Gasteiger partial charge in [0.1, 0.15) is 0 Å². The zero-order valence-electron chi connectivity index (χ0n) is 11.2. The summed E-state index contributed by atoms with van der Waals surface area (Å²) in [5.41, 5.74) is 8.53. The predicted molar refractivity (Wildman–Crippen MR) is 66.7 cm³/mol. The molecular weight excluding hydrogens is 204 g/mol. The van der Waals surface area contributed by atoms with Crippen molar-refractivity contribution in [3.63, 3.8) is 0 Å². The molecule has 0 aromatic carbocycles. The van der Waals surface area contributed by atoms with Crippen LogP contribution in [0, 0.1) is 5.92 Å². The molecule has 0 fully saturated rings. The Kier molecular flexibility index (Phi) is 4.95. The van der Waals surface area contributed by atoms with Crippen LogP contribution in [0.2, 0.25) is 0 Å². The predicted octanol–water partition coefficient (Wildman–Crippen LogP) is 0.948. The van der Waals surface area contributed by atoms with Crippen molar-refractivity contribution in [1.82, 2.24) is 0 Å². The molecule has 0 bridgehead atoms. The Hall–Kier alpha value is -0.160. The van der Waals surface area contributed by atoms with Crippen LogP contribution in [0.25, 0.3) is 0 Å². The first-order valence-corrected chi connectivity index (χ1v) is 5.97. The van der Waals surface area contributed by atoms with Crippen molar-refractivity contribution in [2.45, 2.75) is 70.7 Å². The minimum absolute atomic E-state index is 0.347. The third-order valence-corrected chi connectivity index (χ3v) is 3.34. The Morgan fingerprint density at radius 1 is 1.06 bits per heavy atom. The highest BCUT2D eigenvalue weighted by Gasteiger charge is 2.48. The van der Waals surface area contributed by atoms with E-state index in [0.29, 0.717) is 6.42 Å². The van der Waals surface area contributed by atoms with E-state index in [-0.39, 0.29) is 5.92 Å². The minimum Gasteiger partial charge on any atom is -0.390 e. The molecule has 0 aromatic rings. The highest BCUT2D eigenvalue weighted by Crippen LogP contribution is 2.34. The van der Waals surface area contributed by atoms with Crippen LogP contribution in [0.1, 0.15) is 53.9 Å². The SMILES string of the molecule is CCCCC(C(C)(C)O)C(N)(N)C(C)(C)O. The molecule has 0 spiro atoms. The molecule has 0 aliphatic rings. The lowest BCUT2D eigenvalue weighted by Crippen LogP contribution is -2.72. The van der Waals surface area contributed by atoms with Crippen molar-refractivity contribution in [1.29, 1.82) is 0 Å². The Balaban J connectivity index is 5.03. The topological polar surface area (TPSA) is 92.5 Å². The quantitative estimate of drug-likeness (QED) is 0.513. The summed E-state index contributed by atoms with van der Waals surface area (Å²) in [6, 6.07) is 0. The molecule has 16 heavy (non-hydrogen) atoms. The number of nitrogens with two attached hydrogens (primary N) is 2. The van der Waals surface area contributed by atoms with Crippen molar-refractivity contribution in [2.75, 3.05) is 0 Å². The van der Waals surface area contributed by atoms with Gasteiger partial charge in [0.2, 0.25) is 0 Å². The molecule has 0 aliphatic carbocycles. The fraction of sp³-hybridized carbons (Fsp3) is 1.00. The molecule has 0 aliphatic heterocycles. The number of unbranched alkanes of at least 4 members (excludes halogenated alkanes) is 1. The first-order valence-electron chi connectivity index (χ1n) is 5.97. The molecule has 98 valence electrons. The fourth-order valence-electron chi connectivity index (χ4n) is 2.01. The van der Waals surface area contributed by atoms with Gasteiger partial charge in [-0.05, 0) is 34.1 Å². The van der Waals surface area contributed by atoms with Crippen LogP contribution in [-0.4, -0.2) is 27.1 Å². The Labute approximate surface area is 99.0 Å². The molecule has 0 rings (SSSR count). The molecule has 0 aromatic heterocycles. The lowest BCUT2D eigenvalue weighted by Gasteiger charge is -2.47. The average Bonchev–Trinajstić information content (AvgIpc) is 1.99. The molecule has 1 unspecified atom stereocenters. The number of rotatable bonds is 6. The van der Waals surface area contributed by atoms with Crippen LogP contribution in [0.3, 0.4) is 0 Å². The van der Waals surface area contributed by atoms with Crippen molar-refractivity contribution >= 4 is 0 Å². The second-order valence-corrected chi connectivity index (χ2v) is 5.84. The molecule has 6 N–H and O–H groups in total. The van der Waals surface area contributed by atoms with E-state index in [1.807, 2.05) is 0 Å². The number of aliphatic hydroxyl groups is 2. The zero-order chi connectivity index (χ0) is 13.2. The summed E-state index contributed by atoms with van der Waals surface area (Å²) >= 11 is 0. The van der Waals surface area contributed by atoms with Crippen LogP contribution >= 0.6 is 0 Å². The van der Waals surface area contributed by atoms with E-state index in [2.05, 4.69) is 6.92 Å². The van der Waals surface area contributed by atoms with Gasteiger partial charge in [0.15, 0.2) is 0 Å². The maximum absolute atomic E-state index is 10.1. The Morgan fingerprint density at radius 2 is 1.50 bits per heavy atom.